The van der Waals surface area contributed by atoms with Gasteiger partial charge in [0.1, 0.15) is 11.8 Å². The maximum Gasteiger partial charge on any atom is 0.242 e. The number of nitrogens with one attached hydrogen (secondary N) is 6. The van der Waals surface area contributed by atoms with Crippen molar-refractivity contribution in [2.75, 3.05) is 19.0 Å². The van der Waals surface area contributed by atoms with E-state index in [1.165, 1.54) is 0 Å². The highest BCUT2D eigenvalue weighted by Crippen LogP contribution is 2.18. The fraction of sp³-hybridized carbons (Fsp3) is 0.533. The average Bonchev–Trinajstić information content (AvgIpc) is 3.10. The Bertz CT molecular complexity index is 493. The second-order valence-electron chi connectivity index (χ2n) is 5.36. The minimum absolute atomic E-state index is 0.0129. The van der Waals surface area contributed by atoms with Gasteiger partial charge in [-0.2, -0.15) is 11.1 Å². The molecule has 1 aromatic rings. The summed E-state index contributed by atoms with van der Waals surface area (Å²) in [6.45, 7) is 2.64. The number of methoxy groups -OCH3 is 1. The highest BCUT2D eigenvalue weighted by molar-refractivity contribution is 5.84. The molecule has 1 aliphatic rings. The Morgan fingerprint density at radius 1 is 1.35 bits per heavy atom. The van der Waals surface area contributed by atoms with E-state index in [-0.39, 0.29) is 18.1 Å². The van der Waals surface area contributed by atoms with E-state index >= 15 is 0 Å². The number of hydrazine groups is 3. The zero-order valence-electron chi connectivity index (χ0n) is 13.6. The molecule has 1 heterocycles. The van der Waals surface area contributed by atoms with Crippen LogP contribution in [0.2, 0.25) is 0 Å². The number of benzene rings is 1. The first-order chi connectivity index (χ1) is 11.2. The van der Waals surface area contributed by atoms with Crippen molar-refractivity contribution in [3.8, 4) is 5.75 Å². The number of amides is 1. The SMILES string of the molecule is CCC(Nc1cccc(OC)c1)C(=O)NCCCC1NNNN1. The van der Waals surface area contributed by atoms with Gasteiger partial charge in [0.2, 0.25) is 5.91 Å². The first-order valence-corrected chi connectivity index (χ1v) is 7.92. The normalized spacial score (nSPS) is 16.1. The number of carbonyl (C=O) groups excluding carboxylic acids is 1. The molecule has 1 amide bonds. The second kappa shape index (κ2) is 9.31. The summed E-state index contributed by atoms with van der Waals surface area (Å²) in [5.74, 6) is 0.781. The number of hydrogen-bond acceptors (Lipinski definition) is 7. The third-order valence-corrected chi connectivity index (χ3v) is 3.66. The van der Waals surface area contributed by atoms with Crippen LogP contribution in [-0.2, 0) is 4.79 Å². The zero-order valence-corrected chi connectivity index (χ0v) is 13.6. The van der Waals surface area contributed by atoms with Crippen LogP contribution in [0.4, 0.5) is 5.69 Å². The number of anilines is 1. The molecule has 6 N–H and O–H groups in total. The van der Waals surface area contributed by atoms with Crippen LogP contribution in [0, 0.1) is 0 Å². The summed E-state index contributed by atoms with van der Waals surface area (Å²) in [6, 6.07) is 7.33. The number of rotatable bonds is 9. The van der Waals surface area contributed by atoms with Crippen molar-refractivity contribution in [3.05, 3.63) is 24.3 Å². The molecule has 0 radical (unpaired) electrons. The molecule has 1 fully saturated rings. The van der Waals surface area contributed by atoms with E-state index in [2.05, 4.69) is 32.6 Å². The molecule has 1 saturated heterocycles. The molecule has 8 nitrogen and oxygen atoms in total. The summed E-state index contributed by atoms with van der Waals surface area (Å²) in [5.41, 5.74) is 12.4. The van der Waals surface area contributed by atoms with Crippen LogP contribution in [0.5, 0.6) is 5.75 Å². The van der Waals surface area contributed by atoms with Crippen LogP contribution in [0.3, 0.4) is 0 Å². The quantitative estimate of drug-likeness (QED) is 0.362. The lowest BCUT2D eigenvalue weighted by Crippen LogP contribution is -2.40. The third-order valence-electron chi connectivity index (χ3n) is 3.66. The van der Waals surface area contributed by atoms with E-state index in [9.17, 15) is 4.79 Å². The summed E-state index contributed by atoms with van der Waals surface area (Å²) in [6.07, 6.45) is 2.67. The van der Waals surface area contributed by atoms with E-state index < -0.39 is 0 Å². The standard InChI is InChI=1S/C15H26N6O2/c1-3-13(17-11-6-4-7-12(10-11)23-2)15(22)16-9-5-8-14-18-20-21-19-14/h4,6-7,10,13-14,17-21H,3,5,8-9H2,1-2H3,(H,16,22). The molecule has 128 valence electrons. The van der Waals surface area contributed by atoms with Crippen LogP contribution in [0.25, 0.3) is 0 Å². The van der Waals surface area contributed by atoms with E-state index in [1.807, 2.05) is 31.2 Å². The van der Waals surface area contributed by atoms with Crippen LogP contribution in [0.15, 0.2) is 24.3 Å². The Balaban J connectivity index is 1.73. The predicted molar refractivity (Wildman–Crippen MR) is 89.3 cm³/mol. The third kappa shape index (κ3) is 5.68. The minimum atomic E-state index is -0.256. The summed E-state index contributed by atoms with van der Waals surface area (Å²) in [4.78, 5) is 12.3. The lowest BCUT2D eigenvalue weighted by Gasteiger charge is -2.18. The molecule has 0 spiro atoms. The van der Waals surface area contributed by atoms with Gasteiger partial charge in [-0.1, -0.05) is 13.0 Å². The van der Waals surface area contributed by atoms with Crippen molar-refractivity contribution in [2.24, 2.45) is 0 Å². The van der Waals surface area contributed by atoms with Crippen molar-refractivity contribution in [1.82, 2.24) is 27.2 Å². The molecule has 1 unspecified atom stereocenters. The monoisotopic (exact) mass is 322 g/mol. The molecule has 1 aliphatic heterocycles. The summed E-state index contributed by atoms with van der Waals surface area (Å²) < 4.78 is 5.20. The largest absolute Gasteiger partial charge is 0.497 e. The van der Waals surface area contributed by atoms with Crippen LogP contribution in [-0.4, -0.2) is 31.8 Å². The molecular weight excluding hydrogens is 296 g/mol. The molecule has 23 heavy (non-hydrogen) atoms. The van der Waals surface area contributed by atoms with Crippen molar-refractivity contribution in [3.63, 3.8) is 0 Å². The van der Waals surface area contributed by atoms with Crippen molar-refractivity contribution >= 4 is 11.6 Å². The fourth-order valence-electron chi connectivity index (χ4n) is 2.33. The molecule has 0 saturated carbocycles. The first kappa shape index (κ1) is 17.5. The van der Waals surface area contributed by atoms with Gasteiger partial charge in [0.25, 0.3) is 0 Å². The maximum atomic E-state index is 12.3. The van der Waals surface area contributed by atoms with E-state index in [0.29, 0.717) is 13.0 Å². The van der Waals surface area contributed by atoms with E-state index in [1.54, 1.807) is 7.11 Å². The van der Waals surface area contributed by atoms with Gasteiger partial charge in [-0.3, -0.25) is 4.79 Å². The molecular formula is C15H26N6O2. The highest BCUT2D eigenvalue weighted by Gasteiger charge is 2.16. The topological polar surface area (TPSA) is 98.5 Å². The predicted octanol–water partition coefficient (Wildman–Crippen LogP) is 0.225. The van der Waals surface area contributed by atoms with Gasteiger partial charge in [0.15, 0.2) is 0 Å². The Kier molecular flexibility index (Phi) is 7.08. The van der Waals surface area contributed by atoms with Gasteiger partial charge in [0, 0.05) is 18.3 Å². The Morgan fingerprint density at radius 3 is 2.83 bits per heavy atom. The summed E-state index contributed by atoms with van der Waals surface area (Å²) in [7, 11) is 1.63. The van der Waals surface area contributed by atoms with Crippen LogP contribution >= 0.6 is 0 Å². The van der Waals surface area contributed by atoms with Crippen molar-refractivity contribution in [1.29, 1.82) is 0 Å². The van der Waals surface area contributed by atoms with Crippen LogP contribution in [0.1, 0.15) is 26.2 Å². The molecule has 0 bridgehead atoms. The zero-order chi connectivity index (χ0) is 16.5. The van der Waals surface area contributed by atoms with Gasteiger partial charge in [-0.25, -0.2) is 10.9 Å². The summed E-state index contributed by atoms with van der Waals surface area (Å²) in [5, 5.41) is 6.23. The van der Waals surface area contributed by atoms with Gasteiger partial charge >= 0.3 is 0 Å². The Morgan fingerprint density at radius 2 is 2.13 bits per heavy atom. The Labute approximate surface area is 136 Å². The summed E-state index contributed by atoms with van der Waals surface area (Å²) >= 11 is 0. The lowest BCUT2D eigenvalue weighted by atomic mass is 10.2. The molecule has 1 aromatic carbocycles. The lowest BCUT2D eigenvalue weighted by molar-refractivity contribution is -0.121. The van der Waals surface area contributed by atoms with E-state index in [0.717, 1.165) is 24.3 Å². The molecule has 0 aromatic heterocycles. The number of carbonyl (C=O) groups is 1. The molecule has 0 aliphatic carbocycles. The molecule has 1 atom stereocenters. The average molecular weight is 322 g/mol. The highest BCUT2D eigenvalue weighted by atomic mass is 16.5. The van der Waals surface area contributed by atoms with E-state index in [4.69, 9.17) is 4.74 Å². The van der Waals surface area contributed by atoms with Gasteiger partial charge < -0.3 is 15.4 Å². The molecule has 2 rings (SSSR count). The molecule has 8 heteroatoms. The minimum Gasteiger partial charge on any atom is -0.497 e. The van der Waals surface area contributed by atoms with Gasteiger partial charge in [0.05, 0.1) is 13.3 Å². The Hall–Kier alpha value is -1.87. The smallest absolute Gasteiger partial charge is 0.242 e. The fourth-order valence-corrected chi connectivity index (χ4v) is 2.33. The van der Waals surface area contributed by atoms with Crippen molar-refractivity contribution < 1.29 is 9.53 Å². The van der Waals surface area contributed by atoms with Gasteiger partial charge in [-0.05, 0) is 31.4 Å². The first-order valence-electron chi connectivity index (χ1n) is 7.92. The van der Waals surface area contributed by atoms with Crippen LogP contribution < -0.4 is 37.3 Å². The number of ether oxygens (including phenoxy) is 1. The maximum absolute atomic E-state index is 12.3. The van der Waals surface area contributed by atoms with Gasteiger partial charge in [-0.15, -0.1) is 0 Å². The van der Waals surface area contributed by atoms with Crippen molar-refractivity contribution in [2.45, 2.75) is 38.4 Å². The number of hydrogen-bond donors (Lipinski definition) is 6. The second-order valence-corrected chi connectivity index (χ2v) is 5.36.